The molecule has 0 radical (unpaired) electrons. The zero-order chi connectivity index (χ0) is 14.9. The van der Waals surface area contributed by atoms with E-state index in [1.807, 2.05) is 6.07 Å². The SMILES string of the molecule is COc1cc(Cl)cc(CCl)c1OC1CCOC2(CCC2)C1. The van der Waals surface area contributed by atoms with Crippen LogP contribution >= 0.6 is 23.2 Å². The number of rotatable bonds is 4. The predicted octanol–water partition coefficient (Wildman–Crippen LogP) is 4.57. The summed E-state index contributed by atoms with van der Waals surface area (Å²) in [5.41, 5.74) is 0.930. The second kappa shape index (κ2) is 6.23. The van der Waals surface area contributed by atoms with Gasteiger partial charge in [-0.1, -0.05) is 11.6 Å². The summed E-state index contributed by atoms with van der Waals surface area (Å²) in [6, 6.07) is 3.61. The summed E-state index contributed by atoms with van der Waals surface area (Å²) in [6.45, 7) is 0.761. The van der Waals surface area contributed by atoms with Gasteiger partial charge in [-0.25, -0.2) is 0 Å². The summed E-state index contributed by atoms with van der Waals surface area (Å²) in [5, 5.41) is 0.609. The first-order valence-electron chi connectivity index (χ1n) is 7.39. The Morgan fingerprint density at radius 2 is 2.19 bits per heavy atom. The summed E-state index contributed by atoms with van der Waals surface area (Å²) in [5.74, 6) is 1.71. The van der Waals surface area contributed by atoms with Crippen molar-refractivity contribution in [1.29, 1.82) is 0 Å². The van der Waals surface area contributed by atoms with Crippen molar-refractivity contribution in [3.05, 3.63) is 22.7 Å². The van der Waals surface area contributed by atoms with E-state index in [0.29, 0.717) is 16.7 Å². The third-order valence-electron chi connectivity index (χ3n) is 4.46. The first kappa shape index (κ1) is 15.3. The highest BCUT2D eigenvalue weighted by molar-refractivity contribution is 6.31. The van der Waals surface area contributed by atoms with Crippen LogP contribution in [-0.2, 0) is 10.6 Å². The van der Waals surface area contributed by atoms with Crippen LogP contribution in [0.25, 0.3) is 0 Å². The molecule has 1 atom stereocenters. The number of alkyl halides is 1. The molecule has 5 heteroatoms. The lowest BCUT2D eigenvalue weighted by Gasteiger charge is -2.47. The van der Waals surface area contributed by atoms with Gasteiger partial charge in [-0.05, 0) is 25.3 Å². The van der Waals surface area contributed by atoms with Gasteiger partial charge in [0.05, 0.1) is 25.2 Å². The lowest BCUT2D eigenvalue weighted by molar-refractivity contribution is -0.153. The summed E-state index contributed by atoms with van der Waals surface area (Å²) >= 11 is 12.1. The maximum atomic E-state index is 6.24. The van der Waals surface area contributed by atoms with Crippen LogP contribution in [0.5, 0.6) is 11.5 Å². The van der Waals surface area contributed by atoms with Gasteiger partial charge in [-0.15, -0.1) is 11.6 Å². The number of benzene rings is 1. The smallest absolute Gasteiger partial charge is 0.166 e. The molecule has 1 aromatic rings. The lowest BCUT2D eigenvalue weighted by Crippen LogP contribution is -2.48. The van der Waals surface area contributed by atoms with Gasteiger partial charge < -0.3 is 14.2 Å². The molecule has 0 amide bonds. The average molecular weight is 331 g/mol. The maximum absolute atomic E-state index is 6.24. The molecule has 1 saturated heterocycles. The van der Waals surface area contributed by atoms with Gasteiger partial charge in [0.2, 0.25) is 0 Å². The molecule has 0 N–H and O–H groups in total. The van der Waals surface area contributed by atoms with E-state index >= 15 is 0 Å². The quantitative estimate of drug-likeness (QED) is 0.757. The second-order valence-corrected chi connectivity index (χ2v) is 6.55. The molecular formula is C16H20Cl2O3. The minimum atomic E-state index is 0.0592. The van der Waals surface area contributed by atoms with E-state index in [-0.39, 0.29) is 11.7 Å². The fraction of sp³-hybridized carbons (Fsp3) is 0.625. The average Bonchev–Trinajstić information content (AvgIpc) is 2.47. The van der Waals surface area contributed by atoms with Gasteiger partial charge >= 0.3 is 0 Å². The first-order chi connectivity index (χ1) is 10.2. The maximum Gasteiger partial charge on any atom is 0.166 e. The monoisotopic (exact) mass is 330 g/mol. The zero-order valence-electron chi connectivity index (χ0n) is 12.2. The highest BCUT2D eigenvalue weighted by Crippen LogP contribution is 2.44. The van der Waals surface area contributed by atoms with Crippen molar-refractivity contribution in [2.24, 2.45) is 0 Å². The van der Waals surface area contributed by atoms with Crippen LogP contribution in [0.1, 0.15) is 37.7 Å². The van der Waals surface area contributed by atoms with Crippen LogP contribution in [0.3, 0.4) is 0 Å². The predicted molar refractivity (Wildman–Crippen MR) is 83.7 cm³/mol. The molecule has 21 heavy (non-hydrogen) atoms. The molecule has 1 aliphatic carbocycles. The Balaban J connectivity index is 1.80. The number of methoxy groups -OCH3 is 1. The number of hydrogen-bond donors (Lipinski definition) is 0. The molecule has 1 saturated carbocycles. The molecule has 3 rings (SSSR count). The fourth-order valence-corrected chi connectivity index (χ4v) is 3.61. The molecule has 1 aliphatic heterocycles. The highest BCUT2D eigenvalue weighted by Gasteiger charge is 2.43. The van der Waals surface area contributed by atoms with E-state index < -0.39 is 0 Å². The topological polar surface area (TPSA) is 27.7 Å². The zero-order valence-corrected chi connectivity index (χ0v) is 13.7. The highest BCUT2D eigenvalue weighted by atomic mass is 35.5. The van der Waals surface area contributed by atoms with E-state index in [1.165, 1.54) is 6.42 Å². The summed E-state index contributed by atoms with van der Waals surface area (Å²) in [6.07, 6.45) is 5.54. The Kier molecular flexibility index (Phi) is 4.53. The molecule has 0 bridgehead atoms. The third-order valence-corrected chi connectivity index (χ3v) is 4.96. The van der Waals surface area contributed by atoms with Crippen molar-refractivity contribution in [3.63, 3.8) is 0 Å². The van der Waals surface area contributed by atoms with Crippen LogP contribution in [0, 0.1) is 0 Å². The van der Waals surface area contributed by atoms with Crippen LogP contribution in [-0.4, -0.2) is 25.4 Å². The molecular weight excluding hydrogens is 311 g/mol. The largest absolute Gasteiger partial charge is 0.493 e. The Bertz CT molecular complexity index is 489. The van der Waals surface area contributed by atoms with Crippen molar-refractivity contribution < 1.29 is 14.2 Å². The standard InChI is InChI=1S/C16H20Cl2O3/c1-19-14-8-12(18)7-11(10-17)15(14)21-13-3-6-20-16(9-13)4-2-5-16/h7-8,13H,2-6,9-10H2,1H3. The number of halogens is 2. The van der Waals surface area contributed by atoms with Gasteiger partial charge in [0, 0.05) is 29.5 Å². The van der Waals surface area contributed by atoms with E-state index in [9.17, 15) is 0 Å². The van der Waals surface area contributed by atoms with Crippen LogP contribution in [0.15, 0.2) is 12.1 Å². The lowest BCUT2D eigenvalue weighted by atomic mass is 9.74. The van der Waals surface area contributed by atoms with Crippen molar-refractivity contribution in [2.45, 2.75) is 49.7 Å². The Morgan fingerprint density at radius 3 is 2.81 bits per heavy atom. The minimum Gasteiger partial charge on any atom is -0.493 e. The Hall–Kier alpha value is -0.640. The van der Waals surface area contributed by atoms with Gasteiger partial charge in [0.25, 0.3) is 0 Å². The molecule has 2 aliphatic rings. The van der Waals surface area contributed by atoms with Gasteiger partial charge in [0.15, 0.2) is 11.5 Å². The van der Waals surface area contributed by atoms with E-state index in [0.717, 1.165) is 43.6 Å². The van der Waals surface area contributed by atoms with E-state index in [1.54, 1.807) is 13.2 Å². The van der Waals surface area contributed by atoms with Gasteiger partial charge in [-0.3, -0.25) is 0 Å². The van der Waals surface area contributed by atoms with Crippen molar-refractivity contribution >= 4 is 23.2 Å². The van der Waals surface area contributed by atoms with Crippen molar-refractivity contribution in [2.75, 3.05) is 13.7 Å². The fourth-order valence-electron chi connectivity index (χ4n) is 3.18. The van der Waals surface area contributed by atoms with E-state index in [2.05, 4.69) is 0 Å². The van der Waals surface area contributed by atoms with Crippen molar-refractivity contribution in [1.82, 2.24) is 0 Å². The Labute approximate surface area is 135 Å². The van der Waals surface area contributed by atoms with Crippen molar-refractivity contribution in [3.8, 4) is 11.5 Å². The molecule has 116 valence electrons. The molecule has 1 aromatic carbocycles. The molecule has 0 aromatic heterocycles. The molecule has 1 spiro atoms. The molecule has 3 nitrogen and oxygen atoms in total. The second-order valence-electron chi connectivity index (χ2n) is 5.85. The van der Waals surface area contributed by atoms with E-state index in [4.69, 9.17) is 37.4 Å². The normalized spacial score (nSPS) is 23.7. The van der Waals surface area contributed by atoms with Gasteiger partial charge in [0.1, 0.15) is 6.10 Å². The van der Waals surface area contributed by atoms with Crippen LogP contribution in [0.4, 0.5) is 0 Å². The summed E-state index contributed by atoms with van der Waals surface area (Å²) in [4.78, 5) is 0. The molecule has 1 unspecified atom stereocenters. The number of ether oxygens (including phenoxy) is 3. The van der Waals surface area contributed by atoms with Crippen LogP contribution < -0.4 is 9.47 Å². The van der Waals surface area contributed by atoms with Crippen LogP contribution in [0.2, 0.25) is 5.02 Å². The third kappa shape index (κ3) is 3.10. The summed E-state index contributed by atoms with van der Waals surface area (Å²) in [7, 11) is 1.62. The molecule has 2 fully saturated rings. The first-order valence-corrected chi connectivity index (χ1v) is 8.30. The minimum absolute atomic E-state index is 0.0592. The summed E-state index contributed by atoms with van der Waals surface area (Å²) < 4.78 is 17.6. The molecule has 1 heterocycles. The van der Waals surface area contributed by atoms with Gasteiger partial charge in [-0.2, -0.15) is 0 Å². The Morgan fingerprint density at radius 1 is 1.38 bits per heavy atom. The number of hydrogen-bond acceptors (Lipinski definition) is 3.